The van der Waals surface area contributed by atoms with Crippen molar-refractivity contribution in [1.29, 1.82) is 0 Å². The zero-order valence-corrected chi connectivity index (χ0v) is 13.5. The minimum Gasteiger partial charge on any atom is -0.455 e. The predicted molar refractivity (Wildman–Crippen MR) is 87.7 cm³/mol. The number of alkyl halides is 2. The van der Waals surface area contributed by atoms with Gasteiger partial charge in [0.2, 0.25) is 0 Å². The summed E-state index contributed by atoms with van der Waals surface area (Å²) >= 11 is 0. The molecule has 0 amide bonds. The Morgan fingerprint density at radius 1 is 1.00 bits per heavy atom. The average Bonchev–Trinajstić information content (AvgIpc) is 2.56. The van der Waals surface area contributed by atoms with Gasteiger partial charge in [0.1, 0.15) is 6.61 Å². The summed E-state index contributed by atoms with van der Waals surface area (Å²) in [6.45, 7) is -0.556. The number of ether oxygens (including phenoxy) is 1. The van der Waals surface area contributed by atoms with Crippen LogP contribution in [0.2, 0.25) is 0 Å². The largest absolute Gasteiger partial charge is 0.465 e. The van der Waals surface area contributed by atoms with Gasteiger partial charge in [-0.1, -0.05) is 42.5 Å². The Labute approximate surface area is 141 Å². The first kappa shape index (κ1) is 17.2. The van der Waals surface area contributed by atoms with E-state index in [9.17, 15) is 22.0 Å². The first-order valence-electron chi connectivity index (χ1n) is 7.12. The van der Waals surface area contributed by atoms with E-state index in [1.807, 2.05) is 42.5 Å². The molecule has 25 heavy (non-hydrogen) atoms. The second-order valence-corrected chi connectivity index (χ2v) is 6.87. The Bertz CT molecular complexity index is 1080. The van der Waals surface area contributed by atoms with Gasteiger partial charge in [0.25, 0.3) is 0 Å². The van der Waals surface area contributed by atoms with Gasteiger partial charge in [-0.15, -0.1) is 0 Å². The maximum absolute atomic E-state index is 13.2. The van der Waals surface area contributed by atoms with Crippen LogP contribution in [0.4, 0.5) is 8.78 Å². The highest BCUT2D eigenvalue weighted by atomic mass is 32.2. The highest BCUT2D eigenvalue weighted by Gasteiger charge is 2.54. The molecule has 0 bridgehead atoms. The zero-order valence-electron chi connectivity index (χ0n) is 12.6. The average molecular weight is 366 g/mol. The molecule has 1 N–H and O–H groups in total. The second kappa shape index (κ2) is 6.05. The van der Waals surface area contributed by atoms with Crippen LogP contribution in [0.15, 0.2) is 54.6 Å². The number of benzene rings is 3. The number of halogens is 2. The van der Waals surface area contributed by atoms with Crippen LogP contribution in [0, 0.1) is 0 Å². The van der Waals surface area contributed by atoms with Gasteiger partial charge >= 0.3 is 21.3 Å². The van der Waals surface area contributed by atoms with E-state index < -0.39 is 27.9 Å². The highest BCUT2D eigenvalue weighted by Crippen LogP contribution is 2.27. The summed E-state index contributed by atoms with van der Waals surface area (Å²) in [5, 5.41) is -1.61. The van der Waals surface area contributed by atoms with Crippen molar-refractivity contribution in [3.8, 4) is 0 Å². The standard InChI is InChI=1S/C17H12F2O5S/c18-17(19,25(21,22)23)16(20)24-10-14-7-3-6-13-8-11-4-1-2-5-12(11)9-15(13)14/h1-9H,10H2,(H,21,22,23). The first-order chi connectivity index (χ1) is 11.7. The molecule has 0 heterocycles. The molecular formula is C17H12F2O5S. The summed E-state index contributed by atoms with van der Waals surface area (Å²) < 4.78 is 60.4. The van der Waals surface area contributed by atoms with E-state index in [-0.39, 0.29) is 0 Å². The first-order valence-corrected chi connectivity index (χ1v) is 8.56. The van der Waals surface area contributed by atoms with E-state index in [2.05, 4.69) is 4.74 Å². The molecule has 0 atom stereocenters. The van der Waals surface area contributed by atoms with E-state index in [0.29, 0.717) is 10.9 Å². The Morgan fingerprint density at radius 3 is 2.24 bits per heavy atom. The summed E-state index contributed by atoms with van der Waals surface area (Å²) in [7, 11) is -5.89. The third kappa shape index (κ3) is 3.18. The van der Waals surface area contributed by atoms with Crippen LogP contribution in [-0.4, -0.2) is 24.2 Å². The maximum Gasteiger partial charge on any atom is 0.465 e. The number of esters is 1. The van der Waals surface area contributed by atoms with E-state index in [1.165, 1.54) is 0 Å². The fourth-order valence-electron chi connectivity index (χ4n) is 2.49. The van der Waals surface area contributed by atoms with Crippen molar-refractivity contribution < 1.29 is 31.3 Å². The summed E-state index contributed by atoms with van der Waals surface area (Å²) in [4.78, 5) is 11.3. The predicted octanol–water partition coefficient (Wildman–Crippen LogP) is 3.52. The van der Waals surface area contributed by atoms with E-state index in [4.69, 9.17) is 4.55 Å². The van der Waals surface area contributed by atoms with Gasteiger partial charge in [0, 0.05) is 0 Å². The van der Waals surface area contributed by atoms with Gasteiger partial charge < -0.3 is 4.74 Å². The Morgan fingerprint density at radius 2 is 1.60 bits per heavy atom. The third-order valence-corrected chi connectivity index (χ3v) is 4.57. The topological polar surface area (TPSA) is 80.7 Å². The normalized spacial score (nSPS) is 12.4. The number of hydrogen-bond acceptors (Lipinski definition) is 4. The quantitative estimate of drug-likeness (QED) is 0.434. The minimum atomic E-state index is -5.89. The van der Waals surface area contributed by atoms with Crippen LogP contribution in [0.3, 0.4) is 0 Å². The van der Waals surface area contributed by atoms with Crippen molar-refractivity contribution in [2.45, 2.75) is 11.9 Å². The molecule has 0 aliphatic rings. The highest BCUT2D eigenvalue weighted by molar-refractivity contribution is 7.87. The van der Waals surface area contributed by atoms with Crippen LogP contribution < -0.4 is 0 Å². The molecule has 130 valence electrons. The minimum absolute atomic E-state index is 0.433. The van der Waals surface area contributed by atoms with Crippen LogP contribution >= 0.6 is 0 Å². The molecule has 5 nitrogen and oxygen atoms in total. The molecule has 0 fully saturated rings. The molecule has 0 aliphatic carbocycles. The van der Waals surface area contributed by atoms with Gasteiger partial charge in [-0.3, -0.25) is 4.55 Å². The lowest BCUT2D eigenvalue weighted by Crippen LogP contribution is -2.38. The molecule has 0 spiro atoms. The fraction of sp³-hybridized carbons (Fsp3) is 0.118. The van der Waals surface area contributed by atoms with Crippen molar-refractivity contribution in [1.82, 2.24) is 0 Å². The molecule has 8 heteroatoms. The number of fused-ring (bicyclic) bond motifs is 2. The molecule has 0 aliphatic heterocycles. The van der Waals surface area contributed by atoms with Crippen molar-refractivity contribution in [2.24, 2.45) is 0 Å². The Hall–Kier alpha value is -2.58. The summed E-state index contributed by atoms with van der Waals surface area (Å²) in [6, 6.07) is 16.3. The number of carbonyl (C=O) groups excluding carboxylic acids is 1. The molecule has 0 unspecified atom stereocenters. The zero-order chi connectivity index (χ0) is 18.2. The molecule has 0 aromatic heterocycles. The number of rotatable bonds is 4. The van der Waals surface area contributed by atoms with E-state index in [0.717, 1.165) is 16.2 Å². The molecule has 3 aromatic rings. The molecule has 0 saturated carbocycles. The maximum atomic E-state index is 13.2. The van der Waals surface area contributed by atoms with Crippen molar-refractivity contribution in [3.63, 3.8) is 0 Å². The molecule has 3 rings (SSSR count). The SMILES string of the molecule is O=C(OCc1cccc2cc3ccccc3cc12)C(F)(F)S(=O)(=O)O. The van der Waals surface area contributed by atoms with Crippen molar-refractivity contribution >= 4 is 37.6 Å². The third-order valence-electron chi connectivity index (χ3n) is 3.76. The lowest BCUT2D eigenvalue weighted by molar-refractivity contribution is -0.162. The van der Waals surface area contributed by atoms with Gasteiger partial charge in [-0.25, -0.2) is 4.79 Å². The van der Waals surface area contributed by atoms with Crippen molar-refractivity contribution in [2.75, 3.05) is 0 Å². The summed E-state index contributed by atoms with van der Waals surface area (Å²) in [6.07, 6.45) is 0. The molecular weight excluding hydrogens is 354 g/mol. The summed E-state index contributed by atoms with van der Waals surface area (Å²) in [5.74, 6) is -2.33. The number of hydrogen-bond donors (Lipinski definition) is 1. The van der Waals surface area contributed by atoms with Gasteiger partial charge in [-0.2, -0.15) is 17.2 Å². The van der Waals surface area contributed by atoms with Crippen LogP contribution in [-0.2, 0) is 26.3 Å². The summed E-state index contributed by atoms with van der Waals surface area (Å²) in [5.41, 5.74) is 0.433. The second-order valence-electron chi connectivity index (χ2n) is 5.41. The lowest BCUT2D eigenvalue weighted by Gasteiger charge is -2.13. The number of carbonyl (C=O) groups is 1. The van der Waals surface area contributed by atoms with Crippen LogP contribution in [0.5, 0.6) is 0 Å². The van der Waals surface area contributed by atoms with Crippen LogP contribution in [0.1, 0.15) is 5.56 Å². The van der Waals surface area contributed by atoms with Crippen LogP contribution in [0.25, 0.3) is 21.5 Å². The van der Waals surface area contributed by atoms with E-state index >= 15 is 0 Å². The van der Waals surface area contributed by atoms with Gasteiger partial charge in [0.05, 0.1) is 0 Å². The van der Waals surface area contributed by atoms with Crippen molar-refractivity contribution in [3.05, 3.63) is 60.2 Å². The molecule has 0 radical (unpaired) electrons. The smallest absolute Gasteiger partial charge is 0.455 e. The monoisotopic (exact) mass is 366 g/mol. The Kier molecular flexibility index (Phi) is 4.18. The molecule has 0 saturated heterocycles. The Balaban J connectivity index is 1.94. The molecule has 3 aromatic carbocycles. The lowest BCUT2D eigenvalue weighted by atomic mass is 10.00. The van der Waals surface area contributed by atoms with E-state index in [1.54, 1.807) is 12.1 Å². The van der Waals surface area contributed by atoms with Gasteiger partial charge in [0.15, 0.2) is 0 Å². The van der Waals surface area contributed by atoms with Gasteiger partial charge in [-0.05, 0) is 39.2 Å². The fourth-order valence-corrected chi connectivity index (χ4v) is 2.76.